The van der Waals surface area contributed by atoms with Gasteiger partial charge in [0.05, 0.1) is 6.61 Å². The maximum Gasteiger partial charge on any atom is 0.327 e. The summed E-state index contributed by atoms with van der Waals surface area (Å²) in [6, 6.07) is 1.08. The molecule has 3 atom stereocenters. The average Bonchev–Trinajstić information content (AvgIpc) is 2.34. The minimum absolute atomic E-state index is 0.155. The van der Waals surface area contributed by atoms with E-state index in [4.69, 9.17) is 4.74 Å². The lowest BCUT2D eigenvalue weighted by molar-refractivity contribution is -0.151. The van der Waals surface area contributed by atoms with E-state index in [-0.39, 0.29) is 5.97 Å². The van der Waals surface area contributed by atoms with Crippen molar-refractivity contribution < 1.29 is 9.53 Å². The third-order valence-corrected chi connectivity index (χ3v) is 4.15. The molecule has 1 fully saturated rings. The Kier molecular flexibility index (Phi) is 5.60. The summed E-state index contributed by atoms with van der Waals surface area (Å²) in [5.41, 5.74) is -0.615. The van der Waals surface area contributed by atoms with Gasteiger partial charge >= 0.3 is 5.97 Å². The van der Waals surface area contributed by atoms with E-state index >= 15 is 0 Å². The van der Waals surface area contributed by atoms with Crippen LogP contribution in [-0.4, -0.2) is 48.7 Å². The van der Waals surface area contributed by atoms with E-state index in [1.807, 2.05) is 20.9 Å². The number of nitrogens with zero attached hydrogens (tertiary/aromatic N) is 1. The second-order valence-corrected chi connectivity index (χ2v) is 5.60. The van der Waals surface area contributed by atoms with E-state index in [2.05, 4.69) is 24.1 Å². The summed E-state index contributed by atoms with van der Waals surface area (Å²) in [5, 5.41) is 3.14. The van der Waals surface area contributed by atoms with Crippen molar-refractivity contribution >= 4 is 5.97 Å². The molecule has 1 aliphatic heterocycles. The first kappa shape index (κ1) is 15.4. The molecule has 18 heavy (non-hydrogen) atoms. The molecule has 0 aromatic carbocycles. The summed E-state index contributed by atoms with van der Waals surface area (Å²) in [4.78, 5) is 14.5. The molecule has 1 saturated heterocycles. The number of hydrogen-bond acceptors (Lipinski definition) is 4. The first-order valence-electron chi connectivity index (χ1n) is 7.06. The Hall–Kier alpha value is -0.610. The van der Waals surface area contributed by atoms with Crippen LogP contribution in [0.2, 0.25) is 0 Å². The van der Waals surface area contributed by atoms with Crippen LogP contribution in [0, 0.1) is 0 Å². The Morgan fingerprint density at radius 1 is 1.39 bits per heavy atom. The lowest BCUT2D eigenvalue weighted by Gasteiger charge is -2.43. The van der Waals surface area contributed by atoms with Crippen molar-refractivity contribution in [3.05, 3.63) is 0 Å². The Balaban J connectivity index is 2.74. The van der Waals surface area contributed by atoms with Crippen LogP contribution in [0.3, 0.4) is 0 Å². The number of hydrogen-bond donors (Lipinski definition) is 1. The van der Waals surface area contributed by atoms with Gasteiger partial charge in [-0.1, -0.05) is 6.42 Å². The van der Waals surface area contributed by atoms with Crippen molar-refractivity contribution in [3.8, 4) is 0 Å². The van der Waals surface area contributed by atoms with Gasteiger partial charge in [0.2, 0.25) is 0 Å². The number of carbonyl (C=O) groups is 1. The van der Waals surface area contributed by atoms with Crippen LogP contribution in [0.25, 0.3) is 0 Å². The first-order valence-corrected chi connectivity index (χ1v) is 7.06. The van der Waals surface area contributed by atoms with Gasteiger partial charge in [-0.05, 0) is 47.6 Å². The van der Waals surface area contributed by atoms with E-state index in [1.54, 1.807) is 0 Å². The van der Waals surface area contributed by atoms with Crippen LogP contribution in [-0.2, 0) is 9.53 Å². The Morgan fingerprint density at radius 3 is 2.39 bits per heavy atom. The van der Waals surface area contributed by atoms with Gasteiger partial charge in [-0.2, -0.15) is 0 Å². The summed E-state index contributed by atoms with van der Waals surface area (Å²) in [6.45, 7) is 9.42. The van der Waals surface area contributed by atoms with E-state index in [9.17, 15) is 4.79 Å². The number of likely N-dealkylation sites (N-methyl/N-ethyl adjacent to an activating group) is 1. The van der Waals surface area contributed by atoms with Crippen LogP contribution in [0.1, 0.15) is 47.0 Å². The quantitative estimate of drug-likeness (QED) is 0.762. The number of piperidine rings is 1. The molecule has 0 amide bonds. The van der Waals surface area contributed by atoms with Crippen molar-refractivity contribution in [3.63, 3.8) is 0 Å². The highest BCUT2D eigenvalue weighted by atomic mass is 16.5. The van der Waals surface area contributed by atoms with Gasteiger partial charge in [0.15, 0.2) is 0 Å². The average molecular weight is 256 g/mol. The van der Waals surface area contributed by atoms with E-state index in [0.717, 1.165) is 0 Å². The molecule has 0 aromatic heterocycles. The van der Waals surface area contributed by atoms with Crippen molar-refractivity contribution in [2.75, 3.05) is 20.2 Å². The summed E-state index contributed by atoms with van der Waals surface area (Å²) in [5.74, 6) is -0.155. The van der Waals surface area contributed by atoms with Crippen LogP contribution in [0.4, 0.5) is 0 Å². The first-order chi connectivity index (χ1) is 8.44. The van der Waals surface area contributed by atoms with Crippen LogP contribution in [0.15, 0.2) is 0 Å². The zero-order valence-corrected chi connectivity index (χ0v) is 12.5. The van der Waals surface area contributed by atoms with E-state index < -0.39 is 5.54 Å². The van der Waals surface area contributed by atoms with Crippen LogP contribution >= 0.6 is 0 Å². The maximum absolute atomic E-state index is 12.1. The maximum atomic E-state index is 12.1. The highest BCUT2D eigenvalue weighted by Crippen LogP contribution is 2.24. The Morgan fingerprint density at radius 2 is 1.94 bits per heavy atom. The minimum Gasteiger partial charge on any atom is -0.465 e. The molecule has 1 aliphatic rings. The molecule has 0 aliphatic carbocycles. The van der Waals surface area contributed by atoms with E-state index in [1.165, 1.54) is 19.3 Å². The fourth-order valence-electron chi connectivity index (χ4n) is 2.69. The third-order valence-electron chi connectivity index (χ3n) is 4.15. The number of likely N-dealkylation sites (tertiary alicyclic amines) is 1. The molecule has 0 bridgehead atoms. The lowest BCUT2D eigenvalue weighted by Crippen LogP contribution is -2.60. The lowest BCUT2D eigenvalue weighted by atomic mass is 9.93. The highest BCUT2D eigenvalue weighted by Gasteiger charge is 2.38. The summed E-state index contributed by atoms with van der Waals surface area (Å²) < 4.78 is 5.18. The van der Waals surface area contributed by atoms with Gasteiger partial charge in [-0.25, -0.2) is 0 Å². The predicted octanol–water partition coefficient (Wildman–Crippen LogP) is 1.79. The molecule has 0 saturated carbocycles. The largest absolute Gasteiger partial charge is 0.465 e. The number of ether oxygens (including phenoxy) is 1. The molecular formula is C14H28N2O2. The molecule has 4 heteroatoms. The standard InChI is InChI=1S/C14H28N2O2/c1-6-18-13(17)14(4,15-5)10-16-11(2)8-7-9-12(16)3/h11-12,15H,6-10H2,1-5H3. The van der Waals surface area contributed by atoms with Crippen molar-refractivity contribution in [1.29, 1.82) is 0 Å². The van der Waals surface area contributed by atoms with Gasteiger partial charge < -0.3 is 10.1 Å². The second-order valence-electron chi connectivity index (χ2n) is 5.60. The predicted molar refractivity (Wildman–Crippen MR) is 73.6 cm³/mol. The molecule has 0 radical (unpaired) electrons. The molecular weight excluding hydrogens is 228 g/mol. The molecule has 0 aromatic rings. The molecule has 1 rings (SSSR count). The topological polar surface area (TPSA) is 41.6 Å². The van der Waals surface area contributed by atoms with Crippen molar-refractivity contribution in [2.45, 2.75) is 64.6 Å². The minimum atomic E-state index is -0.615. The zero-order chi connectivity index (χ0) is 13.8. The van der Waals surface area contributed by atoms with Crippen molar-refractivity contribution in [2.24, 2.45) is 0 Å². The van der Waals surface area contributed by atoms with E-state index in [0.29, 0.717) is 25.2 Å². The summed E-state index contributed by atoms with van der Waals surface area (Å²) in [7, 11) is 1.83. The van der Waals surface area contributed by atoms with Crippen molar-refractivity contribution in [1.82, 2.24) is 10.2 Å². The summed E-state index contributed by atoms with van der Waals surface area (Å²) in [6.07, 6.45) is 3.72. The molecule has 3 unspecified atom stereocenters. The molecule has 106 valence electrons. The van der Waals surface area contributed by atoms with Crippen LogP contribution in [0.5, 0.6) is 0 Å². The fourth-order valence-corrected chi connectivity index (χ4v) is 2.69. The Labute approximate surface area is 111 Å². The monoisotopic (exact) mass is 256 g/mol. The van der Waals surface area contributed by atoms with Gasteiger partial charge in [0.25, 0.3) is 0 Å². The van der Waals surface area contributed by atoms with Gasteiger partial charge in [-0.15, -0.1) is 0 Å². The fraction of sp³-hybridized carbons (Fsp3) is 0.929. The molecule has 1 N–H and O–H groups in total. The summed E-state index contributed by atoms with van der Waals surface area (Å²) >= 11 is 0. The smallest absolute Gasteiger partial charge is 0.327 e. The van der Waals surface area contributed by atoms with Gasteiger partial charge in [0, 0.05) is 18.6 Å². The molecule has 0 spiro atoms. The number of nitrogens with one attached hydrogen (secondary N) is 1. The third kappa shape index (κ3) is 3.45. The normalized spacial score (nSPS) is 28.7. The Bertz CT molecular complexity index is 273. The molecule has 4 nitrogen and oxygen atoms in total. The van der Waals surface area contributed by atoms with Crippen LogP contribution < -0.4 is 5.32 Å². The number of esters is 1. The highest BCUT2D eigenvalue weighted by molar-refractivity contribution is 5.80. The van der Waals surface area contributed by atoms with Gasteiger partial charge in [-0.3, -0.25) is 9.69 Å². The van der Waals surface area contributed by atoms with Gasteiger partial charge in [0.1, 0.15) is 5.54 Å². The number of rotatable bonds is 5. The number of carbonyl (C=O) groups excluding carboxylic acids is 1. The zero-order valence-electron chi connectivity index (χ0n) is 12.5. The second kappa shape index (κ2) is 6.53. The molecule has 1 heterocycles. The SMILES string of the molecule is CCOC(=O)C(C)(CN1C(C)CCCC1C)NC.